The molecule has 5 heteroatoms. The highest BCUT2D eigenvalue weighted by Gasteiger charge is 2.25. The molecular formula is C17H22N2O2S. The molecular weight excluding hydrogens is 296 g/mol. The van der Waals surface area contributed by atoms with Crippen molar-refractivity contribution in [2.24, 2.45) is 0 Å². The van der Waals surface area contributed by atoms with Crippen molar-refractivity contribution in [3.05, 3.63) is 41.6 Å². The summed E-state index contributed by atoms with van der Waals surface area (Å²) in [6.07, 6.45) is 2.88. The van der Waals surface area contributed by atoms with Gasteiger partial charge in [-0.3, -0.25) is 0 Å². The second kappa shape index (κ2) is 7.18. The Morgan fingerprint density at radius 1 is 1.27 bits per heavy atom. The summed E-state index contributed by atoms with van der Waals surface area (Å²) in [7, 11) is 0. The molecule has 0 amide bonds. The highest BCUT2D eigenvalue weighted by molar-refractivity contribution is 7.99. The first kappa shape index (κ1) is 15.4. The summed E-state index contributed by atoms with van der Waals surface area (Å²) in [5.41, 5.74) is 1.12. The van der Waals surface area contributed by atoms with E-state index >= 15 is 0 Å². The van der Waals surface area contributed by atoms with Gasteiger partial charge < -0.3 is 9.15 Å². The summed E-state index contributed by atoms with van der Waals surface area (Å²) in [4.78, 5) is 0. The van der Waals surface area contributed by atoms with Gasteiger partial charge in [0, 0.05) is 5.92 Å². The Morgan fingerprint density at radius 2 is 2.05 bits per heavy atom. The number of rotatable bonds is 5. The molecule has 1 atom stereocenters. The van der Waals surface area contributed by atoms with E-state index < -0.39 is 0 Å². The van der Waals surface area contributed by atoms with Gasteiger partial charge in [-0.2, -0.15) is 11.8 Å². The smallest absolute Gasteiger partial charge is 0.256 e. The molecule has 4 nitrogen and oxygen atoms in total. The molecule has 0 bridgehead atoms. The van der Waals surface area contributed by atoms with E-state index in [4.69, 9.17) is 9.15 Å². The van der Waals surface area contributed by atoms with Gasteiger partial charge in [0.2, 0.25) is 5.89 Å². The van der Waals surface area contributed by atoms with Crippen LogP contribution >= 0.6 is 11.8 Å². The second-order valence-electron chi connectivity index (χ2n) is 5.65. The number of aromatic nitrogens is 2. The average Bonchev–Trinajstić information content (AvgIpc) is 3.05. The molecule has 1 aromatic carbocycles. The van der Waals surface area contributed by atoms with E-state index in [-0.39, 0.29) is 6.10 Å². The number of benzene rings is 1. The van der Waals surface area contributed by atoms with Crippen LogP contribution in [0.2, 0.25) is 0 Å². The number of para-hydroxylation sites is 1. The Labute approximate surface area is 135 Å². The van der Waals surface area contributed by atoms with Gasteiger partial charge in [-0.05, 0) is 49.3 Å². The van der Waals surface area contributed by atoms with E-state index in [1.54, 1.807) is 0 Å². The van der Waals surface area contributed by atoms with Gasteiger partial charge in [-0.15, -0.1) is 10.2 Å². The maximum atomic E-state index is 6.08. The van der Waals surface area contributed by atoms with E-state index in [9.17, 15) is 0 Å². The van der Waals surface area contributed by atoms with Gasteiger partial charge in [0.15, 0.2) is 6.10 Å². The highest BCUT2D eigenvalue weighted by atomic mass is 32.2. The first-order valence-electron chi connectivity index (χ1n) is 7.91. The summed E-state index contributed by atoms with van der Waals surface area (Å²) in [6, 6.07) is 8.01. The predicted octanol–water partition coefficient (Wildman–Crippen LogP) is 4.52. The number of nitrogens with zero attached hydrogens (tertiary/aromatic N) is 2. The van der Waals surface area contributed by atoms with Crippen molar-refractivity contribution < 1.29 is 9.15 Å². The lowest BCUT2D eigenvalue weighted by atomic mass is 10.0. The summed E-state index contributed by atoms with van der Waals surface area (Å²) in [5, 5.41) is 8.51. The zero-order valence-corrected chi connectivity index (χ0v) is 13.9. The van der Waals surface area contributed by atoms with Gasteiger partial charge in [0.1, 0.15) is 5.75 Å². The molecule has 2 aromatic rings. The zero-order valence-electron chi connectivity index (χ0n) is 13.1. The Hall–Kier alpha value is -1.49. The monoisotopic (exact) mass is 318 g/mol. The third kappa shape index (κ3) is 3.46. The van der Waals surface area contributed by atoms with Gasteiger partial charge >= 0.3 is 0 Å². The minimum Gasteiger partial charge on any atom is -0.480 e. The standard InChI is InChI=1S/C17H22N2O2S/c1-3-14(20-15-7-5-4-6-12(15)2)17-19-18-16(21-17)13-8-10-22-11-9-13/h4-7,13-14H,3,8-11H2,1-2H3. The van der Waals surface area contributed by atoms with Gasteiger partial charge in [0.25, 0.3) is 5.89 Å². The fraction of sp³-hybridized carbons (Fsp3) is 0.529. The largest absolute Gasteiger partial charge is 0.480 e. The third-order valence-corrected chi connectivity index (χ3v) is 5.08. The predicted molar refractivity (Wildman–Crippen MR) is 88.4 cm³/mol. The van der Waals surface area contributed by atoms with E-state index in [0.717, 1.165) is 36.5 Å². The maximum absolute atomic E-state index is 6.08. The van der Waals surface area contributed by atoms with E-state index in [0.29, 0.717) is 11.8 Å². The van der Waals surface area contributed by atoms with Crippen LogP contribution in [-0.2, 0) is 0 Å². The lowest BCUT2D eigenvalue weighted by Crippen LogP contribution is -2.08. The van der Waals surface area contributed by atoms with Crippen molar-refractivity contribution in [3.8, 4) is 5.75 Å². The molecule has 1 unspecified atom stereocenters. The molecule has 1 fully saturated rings. The van der Waals surface area contributed by atoms with Crippen molar-refractivity contribution in [2.45, 2.75) is 45.1 Å². The summed E-state index contributed by atoms with van der Waals surface area (Å²) < 4.78 is 12.0. The molecule has 1 aliphatic heterocycles. The highest BCUT2D eigenvalue weighted by Crippen LogP contribution is 2.32. The van der Waals surface area contributed by atoms with Crippen LogP contribution in [0.15, 0.2) is 28.7 Å². The van der Waals surface area contributed by atoms with Crippen molar-refractivity contribution in [2.75, 3.05) is 11.5 Å². The van der Waals surface area contributed by atoms with Crippen molar-refractivity contribution >= 4 is 11.8 Å². The van der Waals surface area contributed by atoms with Crippen LogP contribution in [0.4, 0.5) is 0 Å². The third-order valence-electron chi connectivity index (χ3n) is 4.04. The van der Waals surface area contributed by atoms with E-state index in [1.807, 2.05) is 43.0 Å². The Morgan fingerprint density at radius 3 is 2.77 bits per heavy atom. The van der Waals surface area contributed by atoms with Crippen LogP contribution < -0.4 is 4.74 Å². The summed E-state index contributed by atoms with van der Waals surface area (Å²) >= 11 is 2.00. The molecule has 0 N–H and O–H groups in total. The molecule has 118 valence electrons. The zero-order chi connectivity index (χ0) is 15.4. The molecule has 0 radical (unpaired) electrons. The number of hydrogen-bond donors (Lipinski definition) is 0. The number of ether oxygens (including phenoxy) is 1. The lowest BCUT2D eigenvalue weighted by molar-refractivity contribution is 0.161. The van der Waals surface area contributed by atoms with Crippen molar-refractivity contribution in [1.29, 1.82) is 0 Å². The van der Waals surface area contributed by atoms with E-state index in [1.165, 1.54) is 11.5 Å². The molecule has 1 aliphatic rings. The molecule has 2 heterocycles. The topological polar surface area (TPSA) is 48.2 Å². The Kier molecular flexibility index (Phi) is 5.03. The first-order valence-corrected chi connectivity index (χ1v) is 9.06. The fourth-order valence-electron chi connectivity index (χ4n) is 2.64. The molecule has 1 aromatic heterocycles. The molecule has 1 saturated heterocycles. The SMILES string of the molecule is CCC(Oc1ccccc1C)c1nnc(C2CCSCC2)o1. The quantitative estimate of drug-likeness (QED) is 0.811. The van der Waals surface area contributed by atoms with Crippen LogP contribution in [0.3, 0.4) is 0 Å². The average molecular weight is 318 g/mol. The normalized spacial score (nSPS) is 17.4. The Bertz CT molecular complexity index is 608. The minimum atomic E-state index is -0.180. The lowest BCUT2D eigenvalue weighted by Gasteiger charge is -2.18. The van der Waals surface area contributed by atoms with Gasteiger partial charge in [-0.1, -0.05) is 25.1 Å². The van der Waals surface area contributed by atoms with Crippen LogP contribution in [0.1, 0.15) is 55.6 Å². The summed E-state index contributed by atoms with van der Waals surface area (Å²) in [5.74, 6) is 5.03. The van der Waals surface area contributed by atoms with Crippen LogP contribution in [-0.4, -0.2) is 21.7 Å². The number of thioether (sulfide) groups is 1. The molecule has 0 spiro atoms. The first-order chi connectivity index (χ1) is 10.8. The van der Waals surface area contributed by atoms with Crippen molar-refractivity contribution in [1.82, 2.24) is 10.2 Å². The number of aryl methyl sites for hydroxylation is 1. The molecule has 3 rings (SSSR count). The fourth-order valence-corrected chi connectivity index (χ4v) is 3.74. The van der Waals surface area contributed by atoms with Crippen LogP contribution in [0.5, 0.6) is 5.75 Å². The second-order valence-corrected chi connectivity index (χ2v) is 6.87. The van der Waals surface area contributed by atoms with E-state index in [2.05, 4.69) is 17.1 Å². The molecule has 0 saturated carbocycles. The van der Waals surface area contributed by atoms with Crippen LogP contribution in [0.25, 0.3) is 0 Å². The minimum absolute atomic E-state index is 0.180. The molecule has 0 aliphatic carbocycles. The Balaban J connectivity index is 1.73. The van der Waals surface area contributed by atoms with Crippen molar-refractivity contribution in [3.63, 3.8) is 0 Å². The van der Waals surface area contributed by atoms with Gasteiger partial charge in [0.05, 0.1) is 0 Å². The summed E-state index contributed by atoms with van der Waals surface area (Å²) in [6.45, 7) is 4.12. The maximum Gasteiger partial charge on any atom is 0.256 e. The number of hydrogen-bond acceptors (Lipinski definition) is 5. The van der Waals surface area contributed by atoms with Crippen LogP contribution in [0, 0.1) is 6.92 Å². The van der Waals surface area contributed by atoms with Gasteiger partial charge in [-0.25, -0.2) is 0 Å². The molecule has 22 heavy (non-hydrogen) atoms.